The second-order valence-electron chi connectivity index (χ2n) is 13.4. The summed E-state index contributed by atoms with van der Waals surface area (Å²) in [6, 6.07) is 18.8. The first-order valence-corrected chi connectivity index (χ1v) is 19.2. The van der Waals surface area contributed by atoms with Gasteiger partial charge in [-0.05, 0) is 138 Å². The van der Waals surface area contributed by atoms with Gasteiger partial charge in [0.1, 0.15) is 0 Å². The van der Waals surface area contributed by atoms with Gasteiger partial charge in [-0.2, -0.15) is 0 Å². The summed E-state index contributed by atoms with van der Waals surface area (Å²) in [7, 11) is 3.00. The number of hydrogen-bond acceptors (Lipinski definition) is 6. The lowest BCUT2D eigenvalue weighted by Crippen LogP contribution is -2.51. The van der Waals surface area contributed by atoms with Crippen LogP contribution in [0.4, 0.5) is 4.39 Å². The van der Waals surface area contributed by atoms with Gasteiger partial charge in [-0.25, -0.2) is 0 Å². The molecule has 0 N–H and O–H groups in total. The lowest BCUT2D eigenvalue weighted by Gasteiger charge is -2.43. The fourth-order valence-corrected chi connectivity index (χ4v) is 9.65. The molecule has 4 bridgehead atoms. The molecule has 8 atom stereocenters. The molecule has 6 rings (SSSR count). The van der Waals surface area contributed by atoms with Crippen LogP contribution in [0.5, 0.6) is 0 Å². The number of fused-ring (bicyclic) bond motifs is 4. The average molecular weight is 858 g/mol. The van der Waals surface area contributed by atoms with E-state index in [1.165, 1.54) is 51.7 Å². The van der Waals surface area contributed by atoms with Gasteiger partial charge in [0, 0.05) is 49.7 Å². The van der Waals surface area contributed by atoms with Crippen molar-refractivity contribution in [2.45, 2.75) is 101 Å². The highest BCUT2D eigenvalue weighted by Crippen LogP contribution is 2.49. The molecule has 4 aliphatic rings. The first-order chi connectivity index (χ1) is 22.3. The summed E-state index contributed by atoms with van der Waals surface area (Å²) in [4.78, 5) is 30.0. The van der Waals surface area contributed by atoms with Gasteiger partial charge in [0.25, 0.3) is 0 Å². The predicted octanol–water partition coefficient (Wildman–Crippen LogP) is 7.96. The third-order valence-corrected chi connectivity index (χ3v) is 12.4. The molecule has 0 spiro atoms. The largest absolute Gasteiger partial charge is 0.469 e. The van der Waals surface area contributed by atoms with Crippen molar-refractivity contribution >= 4 is 57.1 Å². The lowest BCUT2D eigenvalue weighted by molar-refractivity contribution is -0.151. The highest BCUT2D eigenvalue weighted by molar-refractivity contribution is 14.1. The summed E-state index contributed by atoms with van der Waals surface area (Å²) < 4.78 is 25.4. The van der Waals surface area contributed by atoms with Crippen molar-refractivity contribution in [3.05, 3.63) is 66.8 Å². The third-order valence-electron chi connectivity index (χ3n) is 11.0. The zero-order valence-corrected chi connectivity index (χ0v) is 31.7. The maximum Gasteiger partial charge on any atom is 0.310 e. The highest BCUT2D eigenvalue weighted by atomic mass is 127. The molecule has 4 saturated heterocycles. The second-order valence-corrected chi connectivity index (χ2v) is 15.8. The molecule has 4 aliphatic heterocycles. The van der Waals surface area contributed by atoms with Crippen molar-refractivity contribution in [3.8, 4) is 0 Å². The topological polar surface area (TPSA) is 59.1 Å². The Labute approximate surface area is 301 Å². The maximum atomic E-state index is 12.6. The van der Waals surface area contributed by atoms with Crippen LogP contribution in [-0.4, -0.2) is 79.9 Å². The van der Waals surface area contributed by atoms with Crippen LogP contribution in [0.2, 0.25) is 0 Å². The van der Waals surface area contributed by atoms with Crippen LogP contribution in [0.15, 0.2) is 48.5 Å². The normalized spacial score (nSPS) is 30.4. The number of unbranched alkanes of at least 4 members (excludes halogenated alkanes) is 1. The van der Waals surface area contributed by atoms with Crippen LogP contribution in [0.3, 0.4) is 0 Å². The lowest BCUT2D eigenvalue weighted by atomic mass is 9.76. The van der Waals surface area contributed by atoms with Crippen molar-refractivity contribution in [2.75, 3.05) is 34.0 Å². The van der Waals surface area contributed by atoms with Crippen LogP contribution in [0.25, 0.3) is 0 Å². The van der Waals surface area contributed by atoms with Crippen molar-refractivity contribution in [3.63, 3.8) is 0 Å². The first kappa shape index (κ1) is 36.0. The molecular weight excluding hydrogens is 808 g/mol. The second kappa shape index (κ2) is 16.9. The molecule has 252 valence electrons. The van der Waals surface area contributed by atoms with Gasteiger partial charge in [-0.3, -0.25) is 23.8 Å². The van der Waals surface area contributed by atoms with Gasteiger partial charge in [0.05, 0.1) is 32.7 Å². The van der Waals surface area contributed by atoms with E-state index in [1.807, 2.05) is 0 Å². The summed E-state index contributed by atoms with van der Waals surface area (Å²) in [6.07, 6.45) is 9.49. The monoisotopic (exact) mass is 857 g/mol. The number of ether oxygens (including phenoxy) is 2. The number of hydrogen-bond donors (Lipinski definition) is 0. The number of piperidine rings is 2. The van der Waals surface area contributed by atoms with Crippen molar-refractivity contribution in [2.24, 2.45) is 11.8 Å². The number of carbonyl (C=O) groups excluding carboxylic acids is 2. The van der Waals surface area contributed by atoms with E-state index in [9.17, 15) is 14.0 Å². The number of alkyl halides is 1. The van der Waals surface area contributed by atoms with Gasteiger partial charge in [-0.15, -0.1) is 0 Å². The number of methoxy groups -OCH3 is 2. The highest BCUT2D eigenvalue weighted by Gasteiger charge is 2.52. The summed E-state index contributed by atoms with van der Waals surface area (Å²) in [6.45, 7) is 3.81. The molecular formula is C37H49FI2N2O4. The van der Waals surface area contributed by atoms with E-state index >= 15 is 0 Å². The zero-order chi connectivity index (χ0) is 32.8. The molecule has 4 fully saturated rings. The number of rotatable bonds is 10. The Balaban J connectivity index is 0.000000181. The molecule has 2 aromatic rings. The number of halogens is 3. The Kier molecular flexibility index (Phi) is 13.2. The molecule has 9 heteroatoms. The predicted molar refractivity (Wildman–Crippen MR) is 197 cm³/mol. The Morgan fingerprint density at radius 1 is 0.717 bits per heavy atom. The van der Waals surface area contributed by atoms with Crippen LogP contribution < -0.4 is 0 Å². The number of carbonyl (C=O) groups is 2. The summed E-state index contributed by atoms with van der Waals surface area (Å²) in [5, 5.41) is 0. The molecule has 2 aromatic carbocycles. The zero-order valence-electron chi connectivity index (χ0n) is 27.4. The molecule has 0 radical (unpaired) electrons. The standard InChI is InChI=1S/C19H26INO2.C18H23FINO2/c1-3-4-11-21-15-9-10-17(21)18(19(22)23-2)16(12-15)13-5-7-14(20)8-6-13;1-23-18(22)17-15(12-3-5-13(20)6-4-12)11-14-7-8-16(17)21(14)10-2-9-19/h5-8,15-18H,3-4,9-12H2,1-2H3;3-6,14-17H,2,7-11H2,1H3/t15?,16?,17?,18-;14?,15?,16?,17-/m00/s1/i;19-1. The van der Waals surface area contributed by atoms with E-state index in [2.05, 4.69) is 110 Å². The van der Waals surface area contributed by atoms with E-state index < -0.39 is 0 Å². The molecule has 46 heavy (non-hydrogen) atoms. The molecule has 0 saturated carbocycles. The number of esters is 2. The van der Waals surface area contributed by atoms with Gasteiger partial charge in [0.2, 0.25) is 0 Å². The number of nitrogens with zero attached hydrogens (tertiary/aromatic N) is 2. The molecule has 6 unspecified atom stereocenters. The molecule has 0 aromatic heterocycles. The molecule has 0 amide bonds. The van der Waals surface area contributed by atoms with E-state index in [0.29, 0.717) is 30.5 Å². The summed E-state index contributed by atoms with van der Waals surface area (Å²) >= 11 is 4.63. The van der Waals surface area contributed by atoms with Gasteiger partial charge in [0.15, 0.2) is 0 Å². The fourth-order valence-electron chi connectivity index (χ4n) is 8.93. The Morgan fingerprint density at radius 3 is 1.50 bits per heavy atom. The Bertz CT molecular complexity index is 1200. The van der Waals surface area contributed by atoms with E-state index in [4.69, 9.17) is 9.47 Å². The first-order valence-electron chi connectivity index (χ1n) is 17.0. The quantitative estimate of drug-likeness (QED) is 0.179. The smallest absolute Gasteiger partial charge is 0.310 e. The van der Waals surface area contributed by atoms with Crippen LogP contribution in [0, 0.1) is 19.0 Å². The van der Waals surface area contributed by atoms with Crippen LogP contribution >= 0.6 is 45.2 Å². The summed E-state index contributed by atoms with van der Waals surface area (Å²) in [5.74, 6) is 0.201. The molecule has 4 heterocycles. The van der Waals surface area contributed by atoms with Crippen molar-refractivity contribution in [1.82, 2.24) is 9.80 Å². The van der Waals surface area contributed by atoms with Crippen LogP contribution in [-0.2, 0) is 19.1 Å². The number of benzene rings is 2. The minimum absolute atomic E-state index is 0.0179. The van der Waals surface area contributed by atoms with Gasteiger partial charge >= 0.3 is 11.9 Å². The van der Waals surface area contributed by atoms with E-state index in [-0.39, 0.29) is 42.4 Å². The van der Waals surface area contributed by atoms with E-state index in [1.54, 1.807) is 0 Å². The van der Waals surface area contributed by atoms with Crippen LogP contribution in [0.1, 0.15) is 87.7 Å². The SMILES string of the molecule is CCCCN1C2CCC1[C@@H](C(=O)OC)C(c1ccc(I)cc1)C2.COC(=O)[C@H]1C(c2ccc(I)cc2)CC2CCC1N2CCC[18F]. The molecule has 6 nitrogen and oxygen atoms in total. The minimum Gasteiger partial charge on any atom is -0.469 e. The average Bonchev–Trinajstić information content (AvgIpc) is 3.51. The summed E-state index contributed by atoms with van der Waals surface area (Å²) in [5.41, 5.74) is 2.52. The van der Waals surface area contributed by atoms with Gasteiger partial charge in [-0.1, -0.05) is 37.6 Å². The Hall–Kier alpha value is -1.31. The van der Waals surface area contributed by atoms with Gasteiger partial charge < -0.3 is 9.47 Å². The van der Waals surface area contributed by atoms with Crippen molar-refractivity contribution in [1.29, 1.82) is 0 Å². The van der Waals surface area contributed by atoms with E-state index in [0.717, 1.165) is 45.2 Å². The maximum absolute atomic E-state index is 12.6. The fraction of sp³-hybridized carbons (Fsp3) is 0.622. The Morgan fingerprint density at radius 2 is 1.13 bits per heavy atom. The minimum atomic E-state index is -0.292. The third kappa shape index (κ3) is 7.94. The molecule has 0 aliphatic carbocycles. The van der Waals surface area contributed by atoms with Crippen molar-refractivity contribution < 1.29 is 23.5 Å².